The van der Waals surface area contributed by atoms with Crippen molar-refractivity contribution in [2.45, 2.75) is 45.7 Å². The van der Waals surface area contributed by atoms with Crippen molar-refractivity contribution < 1.29 is 14.6 Å². The second kappa shape index (κ2) is 7.62. The number of unbranched alkanes of at least 4 members (excludes halogenated alkanes) is 2. The second-order valence-corrected chi connectivity index (χ2v) is 7.13. The van der Waals surface area contributed by atoms with Gasteiger partial charge >= 0.3 is 0 Å². The third-order valence-electron chi connectivity index (χ3n) is 4.54. The molecule has 7 heteroatoms. The molecule has 3 rings (SSSR count). The van der Waals surface area contributed by atoms with E-state index in [0.29, 0.717) is 29.9 Å². The zero-order valence-electron chi connectivity index (χ0n) is 14.6. The van der Waals surface area contributed by atoms with Gasteiger partial charge in [-0.25, -0.2) is 4.99 Å². The van der Waals surface area contributed by atoms with E-state index in [1.54, 1.807) is 0 Å². The van der Waals surface area contributed by atoms with Gasteiger partial charge < -0.3 is 14.7 Å². The van der Waals surface area contributed by atoms with E-state index in [1.165, 1.54) is 0 Å². The number of amides is 1. The molecule has 0 saturated carbocycles. The summed E-state index contributed by atoms with van der Waals surface area (Å²) in [5, 5.41) is 12.2. The van der Waals surface area contributed by atoms with Crippen molar-refractivity contribution in [3.8, 4) is 5.75 Å². The summed E-state index contributed by atoms with van der Waals surface area (Å²) in [5.41, 5.74) is 1.66. The van der Waals surface area contributed by atoms with Crippen LogP contribution in [-0.4, -0.2) is 41.1 Å². The van der Waals surface area contributed by atoms with Crippen LogP contribution in [0.15, 0.2) is 17.1 Å². The van der Waals surface area contributed by atoms with E-state index in [2.05, 4.69) is 10.3 Å². The van der Waals surface area contributed by atoms with Crippen molar-refractivity contribution in [1.82, 2.24) is 10.2 Å². The largest absolute Gasteiger partial charge is 0.492 e. The lowest BCUT2D eigenvalue weighted by molar-refractivity contribution is -0.122. The van der Waals surface area contributed by atoms with Crippen molar-refractivity contribution in [2.24, 2.45) is 10.9 Å². The maximum Gasteiger partial charge on any atom is 0.249 e. The first kappa shape index (κ1) is 18.0. The van der Waals surface area contributed by atoms with Gasteiger partial charge in [-0.05, 0) is 37.3 Å². The maximum atomic E-state index is 12.2. The number of hydrogen-bond donors (Lipinski definition) is 2. The van der Waals surface area contributed by atoms with Crippen LogP contribution in [0.1, 0.15) is 38.7 Å². The zero-order valence-corrected chi connectivity index (χ0v) is 15.3. The average molecular weight is 366 g/mol. The number of carbonyl (C=O) groups excluding carboxylic acids is 1. The highest BCUT2D eigenvalue weighted by Gasteiger charge is 2.41. The van der Waals surface area contributed by atoms with E-state index < -0.39 is 0 Å². The lowest BCUT2D eigenvalue weighted by Gasteiger charge is -2.30. The fourth-order valence-corrected chi connectivity index (χ4v) is 3.54. The first-order valence-corrected chi connectivity index (χ1v) is 9.12. The molecule has 136 valence electrons. The fourth-order valence-electron chi connectivity index (χ4n) is 3.27. The van der Waals surface area contributed by atoms with Crippen molar-refractivity contribution in [2.75, 3.05) is 13.2 Å². The number of benzene rings is 1. The van der Waals surface area contributed by atoms with E-state index >= 15 is 0 Å². The summed E-state index contributed by atoms with van der Waals surface area (Å²) in [5.74, 6) is 1.41. The van der Waals surface area contributed by atoms with Gasteiger partial charge in [0.05, 0.1) is 23.9 Å². The Morgan fingerprint density at radius 3 is 2.92 bits per heavy atom. The number of nitrogens with zero attached hydrogens (tertiary/aromatic N) is 2. The third-order valence-corrected chi connectivity index (χ3v) is 4.96. The van der Waals surface area contributed by atoms with Crippen LogP contribution in [-0.2, 0) is 11.3 Å². The summed E-state index contributed by atoms with van der Waals surface area (Å²) in [6.45, 7) is 5.35. The van der Waals surface area contributed by atoms with Crippen LogP contribution in [0, 0.1) is 5.92 Å². The quantitative estimate of drug-likeness (QED) is 0.729. The fraction of sp³-hybridized carbons (Fsp3) is 0.556. The van der Waals surface area contributed by atoms with Gasteiger partial charge in [-0.3, -0.25) is 10.1 Å². The molecule has 1 atom stereocenters. The van der Waals surface area contributed by atoms with Crippen LogP contribution in [0.25, 0.3) is 0 Å². The first-order chi connectivity index (χ1) is 12.0. The maximum absolute atomic E-state index is 12.2. The van der Waals surface area contributed by atoms with Gasteiger partial charge in [-0.2, -0.15) is 0 Å². The summed E-state index contributed by atoms with van der Waals surface area (Å²) in [6.07, 6.45) is 2.58. The van der Waals surface area contributed by atoms with Crippen LogP contribution >= 0.6 is 11.6 Å². The summed E-state index contributed by atoms with van der Waals surface area (Å²) in [7, 11) is 0. The molecule has 0 aliphatic carbocycles. The Kier molecular flexibility index (Phi) is 5.49. The number of ether oxygens (including phenoxy) is 1. The zero-order chi connectivity index (χ0) is 18.0. The van der Waals surface area contributed by atoms with Crippen LogP contribution < -0.4 is 10.1 Å². The molecule has 1 fully saturated rings. The number of nitrogens with one attached hydrogen (secondary N) is 1. The lowest BCUT2D eigenvalue weighted by Crippen LogP contribution is -2.40. The smallest absolute Gasteiger partial charge is 0.249 e. The van der Waals surface area contributed by atoms with Crippen molar-refractivity contribution in [1.29, 1.82) is 0 Å². The molecule has 25 heavy (non-hydrogen) atoms. The number of fused-ring (bicyclic) bond motifs is 2. The molecule has 2 heterocycles. The number of halogens is 1. The van der Waals surface area contributed by atoms with Crippen LogP contribution in [0.3, 0.4) is 0 Å². The molecule has 1 saturated heterocycles. The molecule has 1 amide bonds. The lowest BCUT2D eigenvalue weighted by atomic mass is 10.0. The van der Waals surface area contributed by atoms with Crippen molar-refractivity contribution in [3.63, 3.8) is 0 Å². The Hall–Kier alpha value is -1.79. The molecular formula is C18H24ClN3O3. The molecule has 0 radical (unpaired) electrons. The van der Waals surface area contributed by atoms with Gasteiger partial charge in [0, 0.05) is 12.2 Å². The summed E-state index contributed by atoms with van der Waals surface area (Å²) in [4.78, 5) is 18.7. The second-order valence-electron chi connectivity index (χ2n) is 6.75. The molecular weight excluding hydrogens is 342 g/mol. The standard InChI is InChI=1S/C18H24ClN3O3/c1-11(2)16-17(24)21-18-20-13-6-7-14(25-9-5-3-4-8-23)15(19)12(13)10-22(16)18/h6-7,11,16,23H,3-5,8-10H2,1-2H3,(H,20,21,24). The summed E-state index contributed by atoms with van der Waals surface area (Å²) in [6, 6.07) is 3.47. The van der Waals surface area contributed by atoms with Gasteiger partial charge in [0.1, 0.15) is 11.8 Å². The van der Waals surface area contributed by atoms with E-state index in [1.807, 2.05) is 30.9 Å². The number of aliphatic hydroxyl groups excluding tert-OH is 1. The van der Waals surface area contributed by atoms with Crippen LogP contribution in [0.5, 0.6) is 5.75 Å². The highest BCUT2D eigenvalue weighted by Crippen LogP contribution is 2.39. The molecule has 0 bridgehead atoms. The Balaban J connectivity index is 1.76. The molecule has 1 aromatic carbocycles. The summed E-state index contributed by atoms with van der Waals surface area (Å²) < 4.78 is 5.79. The highest BCUT2D eigenvalue weighted by molar-refractivity contribution is 6.33. The monoisotopic (exact) mass is 365 g/mol. The van der Waals surface area contributed by atoms with Crippen LogP contribution in [0.2, 0.25) is 5.02 Å². The Labute approximate surface area is 152 Å². The first-order valence-electron chi connectivity index (χ1n) is 8.74. The Morgan fingerprint density at radius 1 is 1.40 bits per heavy atom. The van der Waals surface area contributed by atoms with Gasteiger partial charge in [-0.15, -0.1) is 0 Å². The number of aliphatic imine (C=N–C) groups is 1. The van der Waals surface area contributed by atoms with Crippen LogP contribution in [0.4, 0.5) is 5.69 Å². The van der Waals surface area contributed by atoms with Gasteiger partial charge in [0.25, 0.3) is 0 Å². The molecule has 2 aliphatic rings. The Bertz CT molecular complexity index is 690. The minimum atomic E-state index is -0.231. The molecule has 0 spiro atoms. The van der Waals surface area contributed by atoms with Crippen molar-refractivity contribution >= 4 is 29.2 Å². The predicted octanol–water partition coefficient (Wildman–Crippen LogP) is 2.84. The number of guanidine groups is 1. The van der Waals surface area contributed by atoms with Gasteiger partial charge in [0.15, 0.2) is 0 Å². The third kappa shape index (κ3) is 3.60. The molecule has 2 aliphatic heterocycles. The number of carbonyl (C=O) groups is 1. The highest BCUT2D eigenvalue weighted by atomic mass is 35.5. The minimum Gasteiger partial charge on any atom is -0.492 e. The van der Waals surface area contributed by atoms with E-state index in [9.17, 15) is 4.79 Å². The Morgan fingerprint density at radius 2 is 2.20 bits per heavy atom. The molecule has 1 unspecified atom stereocenters. The molecule has 1 aromatic rings. The number of aliphatic hydroxyl groups is 1. The SMILES string of the molecule is CC(C)C1C(=O)NC2=Nc3ccc(OCCCCCO)c(Cl)c3CN21. The van der Waals surface area contributed by atoms with E-state index in [-0.39, 0.29) is 24.5 Å². The molecule has 2 N–H and O–H groups in total. The molecule has 6 nitrogen and oxygen atoms in total. The predicted molar refractivity (Wildman–Crippen MR) is 97.3 cm³/mol. The van der Waals surface area contributed by atoms with Crippen molar-refractivity contribution in [3.05, 3.63) is 22.7 Å². The van der Waals surface area contributed by atoms with E-state index in [4.69, 9.17) is 21.4 Å². The normalized spacial score (nSPS) is 18.8. The average Bonchev–Trinajstić information content (AvgIpc) is 2.90. The molecule has 0 aromatic heterocycles. The number of hydrogen-bond acceptors (Lipinski definition) is 5. The van der Waals surface area contributed by atoms with Gasteiger partial charge in [-0.1, -0.05) is 25.4 Å². The summed E-state index contributed by atoms with van der Waals surface area (Å²) >= 11 is 6.55. The van der Waals surface area contributed by atoms with E-state index in [0.717, 1.165) is 30.5 Å². The number of rotatable bonds is 7. The topological polar surface area (TPSA) is 74.2 Å². The minimum absolute atomic E-state index is 0.0157. The van der Waals surface area contributed by atoms with Gasteiger partial charge in [0.2, 0.25) is 11.9 Å².